The minimum atomic E-state index is 0.462. The highest BCUT2D eigenvalue weighted by Gasteiger charge is 2.20. The Morgan fingerprint density at radius 2 is 2.10 bits per heavy atom. The van der Waals surface area contributed by atoms with Crippen LogP contribution in [0.4, 0.5) is 5.95 Å². The summed E-state index contributed by atoms with van der Waals surface area (Å²) in [5.74, 6) is 1.25. The molecule has 0 amide bonds. The van der Waals surface area contributed by atoms with E-state index >= 15 is 0 Å². The summed E-state index contributed by atoms with van der Waals surface area (Å²) in [5.41, 5.74) is 3.97. The standard InChI is InChI=1S/C23H20N6OS/c1-30-21-7-3-2-6-17(21)20-15-31-22(28-20)18(13-24)19-9-12-27-23(29-19)26-11-8-16-5-4-10-25-14-16/h2-7,9-10,12,14-15,28H,8,11H2,1H3,(H,26,27,29)/b22-18+. The molecule has 0 unspecified atom stereocenters. The third-order valence-corrected chi connectivity index (χ3v) is 5.51. The average Bonchev–Trinajstić information content (AvgIpc) is 3.30. The molecule has 0 atom stereocenters. The predicted molar refractivity (Wildman–Crippen MR) is 123 cm³/mol. The zero-order valence-corrected chi connectivity index (χ0v) is 17.7. The van der Waals surface area contributed by atoms with Gasteiger partial charge in [0.15, 0.2) is 0 Å². The molecular formula is C23H20N6OS. The molecule has 0 bridgehead atoms. The molecule has 31 heavy (non-hydrogen) atoms. The first kappa shape index (κ1) is 20.4. The summed E-state index contributed by atoms with van der Waals surface area (Å²) < 4.78 is 5.45. The highest BCUT2D eigenvalue weighted by atomic mass is 32.2. The van der Waals surface area contributed by atoms with Crippen molar-refractivity contribution in [3.63, 3.8) is 0 Å². The highest BCUT2D eigenvalue weighted by Crippen LogP contribution is 2.37. The summed E-state index contributed by atoms with van der Waals surface area (Å²) in [6.07, 6.45) is 6.05. The normalized spacial score (nSPS) is 14.3. The van der Waals surface area contributed by atoms with Gasteiger partial charge in [0, 0.05) is 36.1 Å². The molecule has 0 saturated heterocycles. The summed E-state index contributed by atoms with van der Waals surface area (Å²) in [5, 5.41) is 19.1. The number of rotatable bonds is 7. The van der Waals surface area contributed by atoms with Crippen LogP contribution in [0, 0.1) is 11.3 Å². The quantitative estimate of drug-likeness (QED) is 0.544. The van der Waals surface area contributed by atoms with Gasteiger partial charge in [-0.25, -0.2) is 9.97 Å². The van der Waals surface area contributed by atoms with E-state index in [4.69, 9.17) is 4.74 Å². The van der Waals surface area contributed by atoms with Crippen LogP contribution < -0.4 is 15.4 Å². The molecule has 3 aromatic rings. The molecule has 1 aliphatic rings. The zero-order chi connectivity index (χ0) is 21.5. The van der Waals surface area contributed by atoms with Gasteiger partial charge in [0.05, 0.1) is 23.5 Å². The summed E-state index contributed by atoms with van der Waals surface area (Å²) in [7, 11) is 1.64. The first-order chi connectivity index (χ1) is 15.3. The van der Waals surface area contributed by atoms with E-state index < -0.39 is 0 Å². The number of hydrogen-bond acceptors (Lipinski definition) is 8. The largest absolute Gasteiger partial charge is 0.496 e. The molecule has 0 radical (unpaired) electrons. The maximum Gasteiger partial charge on any atom is 0.223 e. The first-order valence-electron chi connectivity index (χ1n) is 9.66. The van der Waals surface area contributed by atoms with Crippen LogP contribution >= 0.6 is 11.8 Å². The summed E-state index contributed by atoms with van der Waals surface area (Å²) in [4.78, 5) is 12.9. The molecule has 2 N–H and O–H groups in total. The minimum Gasteiger partial charge on any atom is -0.496 e. The van der Waals surface area contributed by atoms with Crippen LogP contribution in [-0.4, -0.2) is 28.6 Å². The van der Waals surface area contributed by atoms with Crippen LogP contribution in [0.5, 0.6) is 5.75 Å². The third-order valence-electron chi connectivity index (χ3n) is 4.61. The van der Waals surface area contributed by atoms with E-state index in [1.807, 2.05) is 48.0 Å². The lowest BCUT2D eigenvalue weighted by Crippen LogP contribution is -2.10. The lowest BCUT2D eigenvalue weighted by Gasteiger charge is -2.11. The number of aromatic nitrogens is 3. The Morgan fingerprint density at radius 1 is 1.19 bits per heavy atom. The van der Waals surface area contributed by atoms with Crippen molar-refractivity contribution in [3.8, 4) is 11.8 Å². The molecule has 1 aromatic carbocycles. The summed E-state index contributed by atoms with van der Waals surface area (Å²) in [6.45, 7) is 0.667. The molecule has 4 rings (SSSR count). The number of anilines is 1. The van der Waals surface area contributed by atoms with Crippen LogP contribution in [0.25, 0.3) is 11.3 Å². The van der Waals surface area contributed by atoms with Crippen LogP contribution in [-0.2, 0) is 6.42 Å². The Kier molecular flexibility index (Phi) is 6.45. The molecule has 0 fully saturated rings. The second-order valence-electron chi connectivity index (χ2n) is 6.59. The van der Waals surface area contributed by atoms with E-state index in [0.29, 0.717) is 23.8 Å². The lowest BCUT2D eigenvalue weighted by atomic mass is 10.1. The van der Waals surface area contributed by atoms with E-state index in [1.54, 1.807) is 25.6 Å². The molecular weight excluding hydrogens is 408 g/mol. The van der Waals surface area contributed by atoms with Gasteiger partial charge in [-0.3, -0.25) is 4.98 Å². The SMILES string of the molecule is COc1ccccc1C1=CS/C(=C(\C#N)c2ccnc(NCCc3cccnc3)n2)N1. The van der Waals surface area contributed by atoms with Crippen LogP contribution in [0.2, 0.25) is 0 Å². The van der Waals surface area contributed by atoms with Gasteiger partial charge in [0.25, 0.3) is 0 Å². The van der Waals surface area contributed by atoms with Crippen molar-refractivity contribution in [3.05, 3.63) is 88.3 Å². The van der Waals surface area contributed by atoms with Gasteiger partial charge < -0.3 is 15.4 Å². The fourth-order valence-corrected chi connectivity index (χ4v) is 3.95. The van der Waals surface area contributed by atoms with Gasteiger partial charge in [-0.2, -0.15) is 5.26 Å². The van der Waals surface area contributed by atoms with E-state index in [9.17, 15) is 5.26 Å². The predicted octanol–water partition coefficient (Wildman–Crippen LogP) is 4.06. The van der Waals surface area contributed by atoms with Gasteiger partial charge in [-0.15, -0.1) is 0 Å². The fourth-order valence-electron chi connectivity index (χ4n) is 3.09. The zero-order valence-electron chi connectivity index (χ0n) is 16.9. The molecule has 154 valence electrons. The topological polar surface area (TPSA) is 95.8 Å². The summed E-state index contributed by atoms with van der Waals surface area (Å²) >= 11 is 1.45. The van der Waals surface area contributed by atoms with Gasteiger partial charge in [0.1, 0.15) is 17.4 Å². The number of thioether (sulfide) groups is 1. The molecule has 2 aromatic heterocycles. The Balaban J connectivity index is 1.49. The van der Waals surface area contributed by atoms with E-state index in [0.717, 1.165) is 34.0 Å². The number of ether oxygens (including phenoxy) is 1. The Bertz CT molecular complexity index is 1170. The third kappa shape index (κ3) is 4.85. The van der Waals surface area contributed by atoms with Crippen molar-refractivity contribution >= 4 is 29.0 Å². The van der Waals surface area contributed by atoms with Crippen LogP contribution in [0.1, 0.15) is 16.8 Å². The highest BCUT2D eigenvalue weighted by molar-refractivity contribution is 8.06. The first-order valence-corrected chi connectivity index (χ1v) is 10.5. The Hall–Kier alpha value is -3.83. The van der Waals surface area contributed by atoms with Gasteiger partial charge in [0.2, 0.25) is 5.95 Å². The lowest BCUT2D eigenvalue weighted by molar-refractivity contribution is 0.413. The minimum absolute atomic E-state index is 0.462. The molecule has 8 heteroatoms. The number of para-hydroxylation sites is 1. The van der Waals surface area contributed by atoms with Crippen molar-refractivity contribution in [2.24, 2.45) is 0 Å². The summed E-state index contributed by atoms with van der Waals surface area (Å²) in [6, 6.07) is 15.7. The van der Waals surface area contributed by atoms with Crippen molar-refractivity contribution in [2.45, 2.75) is 6.42 Å². The van der Waals surface area contributed by atoms with Gasteiger partial charge >= 0.3 is 0 Å². The van der Waals surface area contributed by atoms with Crippen molar-refractivity contribution in [1.82, 2.24) is 20.3 Å². The monoisotopic (exact) mass is 428 g/mol. The van der Waals surface area contributed by atoms with Crippen molar-refractivity contribution in [2.75, 3.05) is 19.0 Å². The molecule has 3 heterocycles. The number of pyridine rings is 1. The van der Waals surface area contributed by atoms with Crippen molar-refractivity contribution < 1.29 is 4.74 Å². The van der Waals surface area contributed by atoms with Crippen LogP contribution in [0.3, 0.4) is 0 Å². The van der Waals surface area contributed by atoms with Gasteiger partial charge in [-0.1, -0.05) is 30.0 Å². The molecule has 0 aliphatic carbocycles. The maximum absolute atomic E-state index is 9.82. The Labute approximate surface area is 184 Å². The number of benzene rings is 1. The number of nitrogens with one attached hydrogen (secondary N) is 2. The molecule has 0 spiro atoms. The number of nitriles is 1. The molecule has 7 nitrogen and oxygen atoms in total. The maximum atomic E-state index is 9.82. The smallest absolute Gasteiger partial charge is 0.223 e. The second-order valence-corrected chi connectivity index (χ2v) is 7.47. The molecule has 1 aliphatic heterocycles. The van der Waals surface area contributed by atoms with Crippen LogP contribution in [0.15, 0.2) is 71.5 Å². The van der Waals surface area contributed by atoms with E-state index in [-0.39, 0.29) is 0 Å². The number of allylic oxidation sites excluding steroid dienone is 1. The number of methoxy groups -OCH3 is 1. The fraction of sp³-hybridized carbons (Fsp3) is 0.130. The van der Waals surface area contributed by atoms with Crippen molar-refractivity contribution in [1.29, 1.82) is 5.26 Å². The van der Waals surface area contributed by atoms with E-state index in [1.165, 1.54) is 11.8 Å². The average molecular weight is 429 g/mol. The number of hydrogen-bond donors (Lipinski definition) is 2. The second kappa shape index (κ2) is 9.78. The van der Waals surface area contributed by atoms with E-state index in [2.05, 4.69) is 31.7 Å². The van der Waals surface area contributed by atoms with Gasteiger partial charge in [-0.05, 0) is 36.2 Å². The Morgan fingerprint density at radius 3 is 2.90 bits per heavy atom. The molecule has 0 saturated carbocycles. The number of nitrogens with zero attached hydrogens (tertiary/aromatic N) is 4.